The summed E-state index contributed by atoms with van der Waals surface area (Å²) in [5.74, 6) is -0.225. The van der Waals surface area contributed by atoms with Crippen LogP contribution in [0.15, 0.2) is 41.6 Å². The van der Waals surface area contributed by atoms with E-state index in [0.29, 0.717) is 25.9 Å². The van der Waals surface area contributed by atoms with Crippen LogP contribution in [-0.4, -0.2) is 25.8 Å². The monoisotopic (exact) mass is 456 g/mol. The molecular formula is C17H11Cl3N4OS2. The van der Waals surface area contributed by atoms with Crippen molar-refractivity contribution in [1.29, 1.82) is 0 Å². The maximum absolute atomic E-state index is 12.6. The molecule has 2 aromatic heterocycles. The van der Waals surface area contributed by atoms with Gasteiger partial charge in [0.1, 0.15) is 0 Å². The number of hydrogen-bond donors (Lipinski definition) is 1. The number of fused-ring (bicyclic) bond motifs is 3. The molecule has 0 aliphatic heterocycles. The summed E-state index contributed by atoms with van der Waals surface area (Å²) in [5, 5.41) is 12.4. The Balaban J connectivity index is 1.57. The molecule has 2 aromatic carbocycles. The van der Waals surface area contributed by atoms with Gasteiger partial charge in [-0.05, 0) is 31.2 Å². The lowest BCUT2D eigenvalue weighted by Crippen LogP contribution is -2.22. The number of aromatic nitrogens is 3. The first-order valence-corrected chi connectivity index (χ1v) is 10.6. The van der Waals surface area contributed by atoms with E-state index < -0.39 is 5.25 Å². The van der Waals surface area contributed by atoms with E-state index in [9.17, 15) is 4.79 Å². The smallest absolute Gasteiger partial charge is 0.237 e. The molecule has 0 bridgehead atoms. The van der Waals surface area contributed by atoms with Gasteiger partial charge in [0.2, 0.25) is 10.9 Å². The third-order valence-corrected chi connectivity index (χ3v) is 6.92. The molecule has 10 heteroatoms. The van der Waals surface area contributed by atoms with Gasteiger partial charge in [0.05, 0.1) is 36.2 Å². The summed E-state index contributed by atoms with van der Waals surface area (Å²) < 4.78 is 3.07. The molecule has 0 fully saturated rings. The Morgan fingerprint density at radius 2 is 1.89 bits per heavy atom. The van der Waals surface area contributed by atoms with Crippen LogP contribution in [0.1, 0.15) is 6.92 Å². The summed E-state index contributed by atoms with van der Waals surface area (Å²) in [5.41, 5.74) is 1.43. The van der Waals surface area contributed by atoms with E-state index in [1.54, 1.807) is 18.3 Å². The molecule has 1 amide bonds. The number of thiazole rings is 1. The van der Waals surface area contributed by atoms with Crippen LogP contribution in [0, 0.1) is 0 Å². The van der Waals surface area contributed by atoms with Crippen LogP contribution in [0.3, 0.4) is 0 Å². The Morgan fingerprint density at radius 3 is 2.70 bits per heavy atom. The number of halogens is 3. The van der Waals surface area contributed by atoms with Crippen LogP contribution in [0.2, 0.25) is 15.1 Å². The summed E-state index contributed by atoms with van der Waals surface area (Å²) in [7, 11) is 0. The van der Waals surface area contributed by atoms with E-state index >= 15 is 0 Å². The molecule has 5 nitrogen and oxygen atoms in total. The number of anilines is 1. The van der Waals surface area contributed by atoms with E-state index in [4.69, 9.17) is 34.8 Å². The molecule has 0 aliphatic rings. The molecule has 1 atom stereocenters. The predicted octanol–water partition coefficient (Wildman–Crippen LogP) is 6.02. The Bertz CT molecular complexity index is 1170. The lowest BCUT2D eigenvalue weighted by molar-refractivity contribution is -0.115. The lowest BCUT2D eigenvalue weighted by atomic mass is 10.3. The fourth-order valence-electron chi connectivity index (χ4n) is 2.50. The quantitative estimate of drug-likeness (QED) is 0.300. The Morgan fingerprint density at radius 1 is 1.15 bits per heavy atom. The van der Waals surface area contributed by atoms with Crippen molar-refractivity contribution < 1.29 is 4.79 Å². The number of amides is 1. The number of nitrogens with zero attached hydrogens (tertiary/aromatic N) is 3. The molecule has 2 heterocycles. The van der Waals surface area contributed by atoms with Crippen LogP contribution in [-0.2, 0) is 4.79 Å². The topological polar surface area (TPSA) is 59.3 Å². The first-order valence-electron chi connectivity index (χ1n) is 7.79. The number of carbonyl (C=O) groups excluding carboxylic acids is 1. The molecule has 0 aliphatic carbocycles. The number of thioether (sulfide) groups is 1. The number of para-hydroxylation sites is 1. The fraction of sp³-hybridized carbons (Fsp3) is 0.118. The third-order valence-electron chi connectivity index (χ3n) is 3.83. The van der Waals surface area contributed by atoms with Crippen molar-refractivity contribution in [3.63, 3.8) is 0 Å². The molecule has 4 aromatic rings. The minimum absolute atomic E-state index is 0.225. The molecule has 0 saturated carbocycles. The number of nitrogens with one attached hydrogen (secondary N) is 1. The summed E-state index contributed by atoms with van der Waals surface area (Å²) >= 11 is 20.9. The van der Waals surface area contributed by atoms with E-state index in [1.165, 1.54) is 23.9 Å². The first kappa shape index (κ1) is 18.8. The predicted molar refractivity (Wildman–Crippen MR) is 114 cm³/mol. The number of rotatable bonds is 4. The zero-order valence-electron chi connectivity index (χ0n) is 13.7. The second-order valence-electron chi connectivity index (χ2n) is 5.67. The number of benzene rings is 2. The number of hydrogen-bond acceptors (Lipinski definition) is 5. The van der Waals surface area contributed by atoms with E-state index in [2.05, 4.69) is 15.5 Å². The Hall–Kier alpha value is -1.51. The minimum atomic E-state index is -0.429. The molecular weight excluding hydrogens is 447 g/mol. The maximum atomic E-state index is 12.6. The van der Waals surface area contributed by atoms with Crippen molar-refractivity contribution in [2.75, 3.05) is 5.32 Å². The molecule has 0 spiro atoms. The lowest BCUT2D eigenvalue weighted by Gasteiger charge is -2.12. The molecule has 4 rings (SSSR count). The Kier molecular flexibility index (Phi) is 5.22. The van der Waals surface area contributed by atoms with Gasteiger partial charge in [0, 0.05) is 0 Å². The van der Waals surface area contributed by atoms with Gasteiger partial charge in [-0.25, -0.2) is 0 Å². The van der Waals surface area contributed by atoms with Crippen molar-refractivity contribution >= 4 is 84.7 Å². The van der Waals surface area contributed by atoms with Gasteiger partial charge in [-0.3, -0.25) is 9.20 Å². The first-order chi connectivity index (χ1) is 12.9. The number of carbonyl (C=O) groups is 1. The van der Waals surface area contributed by atoms with Crippen LogP contribution in [0.25, 0.3) is 15.2 Å². The molecule has 0 radical (unpaired) electrons. The zero-order chi connectivity index (χ0) is 19.1. The highest BCUT2D eigenvalue weighted by molar-refractivity contribution is 8.00. The molecule has 1 N–H and O–H groups in total. The van der Waals surface area contributed by atoms with Crippen LogP contribution >= 0.6 is 57.9 Å². The van der Waals surface area contributed by atoms with E-state index in [0.717, 1.165) is 15.2 Å². The highest BCUT2D eigenvalue weighted by Gasteiger charge is 2.21. The van der Waals surface area contributed by atoms with Gasteiger partial charge in [0.25, 0.3) is 0 Å². The van der Waals surface area contributed by atoms with Crippen molar-refractivity contribution in [2.45, 2.75) is 17.3 Å². The summed E-state index contributed by atoms with van der Waals surface area (Å²) in [4.78, 5) is 13.4. The average Bonchev–Trinajstić information content (AvgIpc) is 3.19. The second kappa shape index (κ2) is 7.48. The zero-order valence-corrected chi connectivity index (χ0v) is 17.6. The summed E-state index contributed by atoms with van der Waals surface area (Å²) in [6, 6.07) is 11.0. The van der Waals surface area contributed by atoms with Crippen molar-refractivity contribution in [3.05, 3.63) is 51.5 Å². The van der Waals surface area contributed by atoms with E-state index in [-0.39, 0.29) is 5.91 Å². The minimum Gasteiger partial charge on any atom is -0.324 e. The summed E-state index contributed by atoms with van der Waals surface area (Å²) in [6.07, 6.45) is 0. The highest BCUT2D eigenvalue weighted by Crippen LogP contribution is 2.34. The standard InChI is InChI=1S/C17H11Cl3N4OS2/c1-8(15(25)21-12-7-10(19)9(18)6-11(12)20)26-16-22-23-17-24(16)13-4-2-3-5-14(13)27-17/h2-8H,1H3,(H,21,25). The third kappa shape index (κ3) is 3.62. The molecule has 27 heavy (non-hydrogen) atoms. The summed E-state index contributed by atoms with van der Waals surface area (Å²) in [6.45, 7) is 1.79. The van der Waals surface area contributed by atoms with Gasteiger partial charge in [-0.1, -0.05) is 70.0 Å². The van der Waals surface area contributed by atoms with Gasteiger partial charge in [-0.15, -0.1) is 10.2 Å². The highest BCUT2D eigenvalue weighted by atomic mass is 35.5. The van der Waals surface area contributed by atoms with Gasteiger partial charge >= 0.3 is 0 Å². The van der Waals surface area contributed by atoms with Gasteiger partial charge in [0.15, 0.2) is 5.16 Å². The van der Waals surface area contributed by atoms with Crippen molar-refractivity contribution in [2.24, 2.45) is 0 Å². The van der Waals surface area contributed by atoms with Crippen LogP contribution in [0.4, 0.5) is 5.69 Å². The van der Waals surface area contributed by atoms with Gasteiger partial charge < -0.3 is 5.32 Å². The molecule has 0 saturated heterocycles. The maximum Gasteiger partial charge on any atom is 0.237 e. The molecule has 1 unspecified atom stereocenters. The Labute approximate surface area is 177 Å². The van der Waals surface area contributed by atoms with Crippen LogP contribution in [0.5, 0.6) is 0 Å². The van der Waals surface area contributed by atoms with Crippen molar-refractivity contribution in [3.8, 4) is 0 Å². The second-order valence-corrected chi connectivity index (χ2v) is 9.20. The van der Waals surface area contributed by atoms with Gasteiger partial charge in [-0.2, -0.15) is 0 Å². The average molecular weight is 458 g/mol. The molecule has 138 valence electrons. The SMILES string of the molecule is CC(Sc1nnc2sc3ccccc3n12)C(=O)Nc1cc(Cl)c(Cl)cc1Cl. The van der Waals surface area contributed by atoms with Crippen LogP contribution < -0.4 is 5.32 Å². The van der Waals surface area contributed by atoms with Crippen molar-refractivity contribution in [1.82, 2.24) is 14.6 Å². The van der Waals surface area contributed by atoms with E-state index in [1.807, 2.05) is 28.7 Å². The fourth-order valence-corrected chi connectivity index (χ4v) is 4.97. The normalized spacial score (nSPS) is 12.6. The largest absolute Gasteiger partial charge is 0.324 e.